The second kappa shape index (κ2) is 9.40. The fourth-order valence-electron chi connectivity index (χ4n) is 11.0. The number of amides is 1. The van der Waals surface area contributed by atoms with E-state index < -0.39 is 0 Å². The third-order valence-corrected chi connectivity index (χ3v) is 12.4. The minimum atomic E-state index is -0.191. The third kappa shape index (κ3) is 3.86. The van der Waals surface area contributed by atoms with Gasteiger partial charge in [0.1, 0.15) is 0 Å². The van der Waals surface area contributed by atoms with Crippen LogP contribution in [-0.2, 0) is 4.79 Å². The Morgan fingerprint density at radius 1 is 1.08 bits per heavy atom. The van der Waals surface area contributed by atoms with Gasteiger partial charge in [-0.3, -0.25) is 10.2 Å². The number of nitrogens with one attached hydrogen (secondary N) is 1. The second-order valence-electron chi connectivity index (χ2n) is 14.9. The van der Waals surface area contributed by atoms with Gasteiger partial charge in [0.15, 0.2) is 0 Å². The first-order valence-corrected chi connectivity index (χ1v) is 15.3. The maximum atomic E-state index is 14.1. The average Bonchev–Trinajstić information content (AvgIpc) is 2.93. The van der Waals surface area contributed by atoms with Crippen molar-refractivity contribution in [3.8, 4) is 0 Å². The number of hydrazine groups is 1. The predicted molar refractivity (Wildman–Crippen MR) is 147 cm³/mol. The summed E-state index contributed by atoms with van der Waals surface area (Å²) in [6.45, 7) is 12.3. The van der Waals surface area contributed by atoms with Gasteiger partial charge in [0.2, 0.25) is 5.91 Å². The molecule has 2 N–H and O–H groups in total. The summed E-state index contributed by atoms with van der Waals surface area (Å²) in [6, 6.07) is 0. The Morgan fingerprint density at radius 3 is 2.44 bits per heavy atom. The number of allylic oxidation sites excluding steroid dienone is 1. The molecule has 4 saturated carbocycles. The van der Waals surface area contributed by atoms with E-state index in [1.54, 1.807) is 5.57 Å². The van der Waals surface area contributed by atoms with Gasteiger partial charge in [0.25, 0.3) is 0 Å². The molecule has 4 heteroatoms. The van der Waals surface area contributed by atoms with Crippen LogP contribution >= 0.6 is 0 Å². The average molecular weight is 499 g/mol. The van der Waals surface area contributed by atoms with Crippen LogP contribution in [0.1, 0.15) is 105 Å². The first kappa shape index (κ1) is 26.7. The molecule has 36 heavy (non-hydrogen) atoms. The van der Waals surface area contributed by atoms with Crippen molar-refractivity contribution in [3.63, 3.8) is 0 Å². The quantitative estimate of drug-likeness (QED) is 0.307. The van der Waals surface area contributed by atoms with Crippen LogP contribution in [0.25, 0.3) is 0 Å². The molecule has 5 aliphatic carbocycles. The number of carbonyl (C=O) groups excluding carboxylic acids is 1. The van der Waals surface area contributed by atoms with Gasteiger partial charge in [0, 0.05) is 14.1 Å². The Balaban J connectivity index is 1.51. The van der Waals surface area contributed by atoms with Crippen molar-refractivity contribution >= 4 is 5.91 Å². The lowest BCUT2D eigenvalue weighted by Crippen LogP contribution is -2.58. The number of fused-ring (bicyclic) bond motifs is 7. The van der Waals surface area contributed by atoms with Crippen molar-refractivity contribution < 1.29 is 9.90 Å². The van der Waals surface area contributed by atoms with Crippen LogP contribution in [0.2, 0.25) is 0 Å². The van der Waals surface area contributed by atoms with Gasteiger partial charge < -0.3 is 5.11 Å². The van der Waals surface area contributed by atoms with Crippen molar-refractivity contribution in [3.05, 3.63) is 11.6 Å². The van der Waals surface area contributed by atoms with Crippen LogP contribution in [0, 0.1) is 57.7 Å². The summed E-state index contributed by atoms with van der Waals surface area (Å²) in [4.78, 5) is 14.1. The fraction of sp³-hybridized carbons (Fsp3) is 0.906. The highest BCUT2D eigenvalue weighted by molar-refractivity contribution is 5.85. The second-order valence-corrected chi connectivity index (χ2v) is 14.9. The van der Waals surface area contributed by atoms with Crippen LogP contribution in [0.15, 0.2) is 11.6 Å². The molecule has 10 atom stereocenters. The molecule has 5 rings (SSSR count). The van der Waals surface area contributed by atoms with E-state index in [0.29, 0.717) is 41.4 Å². The molecule has 0 heterocycles. The van der Waals surface area contributed by atoms with E-state index in [0.717, 1.165) is 31.6 Å². The zero-order valence-electron chi connectivity index (χ0n) is 24.3. The lowest BCUT2D eigenvalue weighted by atomic mass is 9.46. The number of hydrogen-bond acceptors (Lipinski definition) is 3. The molecular formula is C32H54N2O2. The van der Waals surface area contributed by atoms with E-state index in [1.807, 2.05) is 19.1 Å². The van der Waals surface area contributed by atoms with Crippen LogP contribution < -0.4 is 5.43 Å². The molecule has 0 saturated heterocycles. The van der Waals surface area contributed by atoms with Crippen molar-refractivity contribution in [2.45, 2.75) is 111 Å². The molecule has 4 nitrogen and oxygen atoms in total. The minimum Gasteiger partial charge on any atom is -0.393 e. The van der Waals surface area contributed by atoms with Crippen LogP contribution in [0.4, 0.5) is 0 Å². The summed E-state index contributed by atoms with van der Waals surface area (Å²) in [5.74, 6) is 4.72. The Labute approximate surface area is 221 Å². The van der Waals surface area contributed by atoms with Gasteiger partial charge >= 0.3 is 0 Å². The van der Waals surface area contributed by atoms with Gasteiger partial charge in [-0.15, -0.1) is 0 Å². The van der Waals surface area contributed by atoms with Crippen molar-refractivity contribution in [2.24, 2.45) is 57.7 Å². The molecule has 0 bridgehead atoms. The number of rotatable bonds is 7. The van der Waals surface area contributed by atoms with E-state index in [-0.39, 0.29) is 22.3 Å². The molecule has 0 aromatic carbocycles. The molecule has 0 aliphatic heterocycles. The Kier molecular flexibility index (Phi) is 6.98. The zero-order chi connectivity index (χ0) is 26.0. The number of hydrogen-bond donors (Lipinski definition) is 2. The largest absolute Gasteiger partial charge is 0.393 e. The third-order valence-electron chi connectivity index (χ3n) is 12.4. The summed E-state index contributed by atoms with van der Waals surface area (Å²) in [7, 11) is 3.93. The highest BCUT2D eigenvalue weighted by Gasteiger charge is 2.75. The summed E-state index contributed by atoms with van der Waals surface area (Å²) in [5.41, 5.74) is 5.14. The molecule has 0 aromatic heterocycles. The van der Waals surface area contributed by atoms with E-state index in [4.69, 9.17) is 0 Å². The first-order chi connectivity index (χ1) is 16.9. The summed E-state index contributed by atoms with van der Waals surface area (Å²) in [5, 5.41) is 12.3. The fourth-order valence-corrected chi connectivity index (χ4v) is 11.0. The van der Waals surface area contributed by atoms with E-state index in [9.17, 15) is 9.90 Å². The Morgan fingerprint density at radius 2 is 1.81 bits per heavy atom. The summed E-state index contributed by atoms with van der Waals surface area (Å²) in [6.07, 6.45) is 15.2. The van der Waals surface area contributed by atoms with Gasteiger partial charge in [-0.2, -0.15) is 0 Å². The number of aliphatic hydroxyl groups excluding tert-OH is 1. The van der Waals surface area contributed by atoms with E-state index >= 15 is 0 Å². The SMILES string of the molecule is CC(C)CCC[C@@H](C)[C@H]1C2(C(=O)NN(C)C)CCC2[C@H]2[C@@H]3CC=C4C[C@@H](O)CC[C@]4(C)[C@H]3CC[C@@]21C. The van der Waals surface area contributed by atoms with Gasteiger partial charge in [0.05, 0.1) is 11.5 Å². The standard InChI is InChI=1S/C32H54N2O2/c1-20(2)9-8-10-21(3)28-31(5)17-14-25-24(12-11-22-19-23(35)13-16-30(22,25)4)27(31)26-15-18-32(26,28)29(36)33-34(6)7/h11,20-21,23-28,35H,8-10,12-19H2,1-7H3,(H,33,36)/t21-,23+,24-,25+,26?,27-,28-,30+,31+,32?/m1/s1. The van der Waals surface area contributed by atoms with Crippen molar-refractivity contribution in [2.75, 3.05) is 14.1 Å². The Bertz CT molecular complexity index is 881. The molecule has 0 spiro atoms. The molecule has 0 radical (unpaired) electrons. The molecular weight excluding hydrogens is 444 g/mol. The maximum absolute atomic E-state index is 14.1. The highest BCUT2D eigenvalue weighted by atomic mass is 16.3. The molecule has 0 aromatic rings. The summed E-state index contributed by atoms with van der Waals surface area (Å²) >= 11 is 0. The maximum Gasteiger partial charge on any atom is 0.241 e. The van der Waals surface area contributed by atoms with Crippen molar-refractivity contribution in [1.29, 1.82) is 0 Å². The first-order valence-electron chi connectivity index (χ1n) is 15.3. The lowest BCUT2D eigenvalue weighted by Gasteiger charge is -2.59. The predicted octanol–water partition coefficient (Wildman–Crippen LogP) is 6.60. The van der Waals surface area contributed by atoms with E-state index in [2.05, 4.69) is 46.1 Å². The highest BCUT2D eigenvalue weighted by Crippen LogP contribution is 2.78. The van der Waals surface area contributed by atoms with E-state index in [1.165, 1.54) is 44.9 Å². The monoisotopic (exact) mass is 498 g/mol. The number of nitrogens with zero attached hydrogens (tertiary/aromatic N) is 1. The molecule has 4 fully saturated rings. The molecule has 204 valence electrons. The van der Waals surface area contributed by atoms with Crippen molar-refractivity contribution in [1.82, 2.24) is 10.4 Å². The van der Waals surface area contributed by atoms with Crippen LogP contribution in [-0.4, -0.2) is 36.2 Å². The smallest absolute Gasteiger partial charge is 0.241 e. The Hall–Kier alpha value is -0.870. The van der Waals surface area contributed by atoms with Crippen LogP contribution in [0.3, 0.4) is 0 Å². The minimum absolute atomic E-state index is 0.147. The lowest BCUT2D eigenvalue weighted by molar-refractivity contribution is -0.153. The molecule has 1 amide bonds. The molecule has 5 aliphatic rings. The number of aliphatic hydroxyl groups is 1. The van der Waals surface area contributed by atoms with Gasteiger partial charge in [-0.25, -0.2) is 5.01 Å². The zero-order valence-corrected chi connectivity index (χ0v) is 24.3. The topological polar surface area (TPSA) is 52.6 Å². The van der Waals surface area contributed by atoms with Crippen LogP contribution in [0.5, 0.6) is 0 Å². The van der Waals surface area contributed by atoms with Gasteiger partial charge in [-0.1, -0.05) is 65.5 Å². The normalized spacial score (nSPS) is 46.2. The molecule has 2 unspecified atom stereocenters. The van der Waals surface area contributed by atoms with Gasteiger partial charge in [-0.05, 0) is 104 Å². The summed E-state index contributed by atoms with van der Waals surface area (Å²) < 4.78 is 0. The number of carbonyl (C=O) groups is 1.